The lowest BCUT2D eigenvalue weighted by Crippen LogP contribution is -2.49. The van der Waals surface area contributed by atoms with E-state index in [1.54, 1.807) is 0 Å². The molecule has 0 aliphatic heterocycles. The maximum atomic E-state index is 11.3. The Hall–Kier alpha value is -0.530. The molecule has 0 atom stereocenters. The van der Waals surface area contributed by atoms with E-state index in [0.29, 0.717) is 0 Å². The van der Waals surface area contributed by atoms with Crippen molar-refractivity contribution in [2.45, 2.75) is 38.5 Å². The van der Waals surface area contributed by atoms with Crippen molar-refractivity contribution in [3.05, 3.63) is 0 Å². The minimum absolute atomic E-state index is 0.283. The van der Waals surface area contributed by atoms with E-state index in [4.69, 9.17) is 0 Å². The molecule has 2 heteroatoms. The summed E-state index contributed by atoms with van der Waals surface area (Å²) < 4.78 is 0. The number of aliphatic carboxylic acids is 1. The van der Waals surface area contributed by atoms with Crippen LogP contribution in [0.1, 0.15) is 38.5 Å². The first-order valence-corrected chi connectivity index (χ1v) is 5.41. The predicted molar refractivity (Wildman–Crippen MR) is 48.2 cm³/mol. The molecule has 0 aromatic carbocycles. The van der Waals surface area contributed by atoms with Gasteiger partial charge < -0.3 is 5.11 Å². The van der Waals surface area contributed by atoms with Crippen molar-refractivity contribution in [3.8, 4) is 0 Å². The second kappa shape index (κ2) is 2.28. The average Bonchev–Trinajstić information content (AvgIpc) is 2.00. The number of hydrogen-bond donors (Lipinski definition) is 1. The molecule has 0 radical (unpaired) electrons. The smallest absolute Gasteiger partial charge is 0.309 e. The molecule has 4 bridgehead atoms. The zero-order valence-corrected chi connectivity index (χ0v) is 7.83. The predicted octanol–water partition coefficient (Wildman–Crippen LogP) is 2.29. The molecule has 4 fully saturated rings. The maximum Gasteiger partial charge on any atom is 0.309 e. The molecule has 4 rings (SSSR count). The molecule has 0 aromatic rings. The summed E-state index contributed by atoms with van der Waals surface area (Å²) in [4.78, 5) is 11.3. The van der Waals surface area contributed by atoms with Crippen LogP contribution in [0.5, 0.6) is 0 Å². The Bertz CT molecular complexity index is 222. The number of carbonyl (C=O) groups is 1. The van der Waals surface area contributed by atoms with Gasteiger partial charge in [0.2, 0.25) is 0 Å². The number of carboxylic acids is 1. The molecule has 0 saturated heterocycles. The quantitative estimate of drug-likeness (QED) is 0.672. The largest absolute Gasteiger partial charge is 0.481 e. The summed E-state index contributed by atoms with van der Waals surface area (Å²) in [5, 5.41) is 9.28. The summed E-state index contributed by atoms with van der Waals surface area (Å²) in [7, 11) is 0. The summed E-state index contributed by atoms with van der Waals surface area (Å²) in [6.07, 6.45) is 6.92. The molecule has 0 unspecified atom stereocenters. The molecular weight excluding hydrogens is 164 g/mol. The summed E-state index contributed by atoms with van der Waals surface area (Å²) in [6, 6.07) is 0. The highest BCUT2D eigenvalue weighted by molar-refractivity contribution is 5.75. The van der Waals surface area contributed by atoms with Gasteiger partial charge in [-0.3, -0.25) is 4.79 Å². The molecule has 4 aliphatic carbocycles. The van der Waals surface area contributed by atoms with E-state index < -0.39 is 5.97 Å². The third-order valence-corrected chi connectivity index (χ3v) is 4.49. The molecule has 1 N–H and O–H groups in total. The Balaban J connectivity index is 1.95. The van der Waals surface area contributed by atoms with E-state index in [9.17, 15) is 9.90 Å². The number of carboxylic acid groups (broad SMARTS) is 1. The fourth-order valence-electron chi connectivity index (χ4n) is 4.37. The maximum absolute atomic E-state index is 11.3. The van der Waals surface area contributed by atoms with Crippen LogP contribution in [0.25, 0.3) is 0 Å². The van der Waals surface area contributed by atoms with Crippen molar-refractivity contribution in [1.29, 1.82) is 0 Å². The summed E-state index contributed by atoms with van der Waals surface area (Å²) in [5.41, 5.74) is -0.283. The Morgan fingerprint density at radius 1 is 1.00 bits per heavy atom. The van der Waals surface area contributed by atoms with Crippen molar-refractivity contribution >= 4 is 5.97 Å². The first-order valence-electron chi connectivity index (χ1n) is 5.41. The van der Waals surface area contributed by atoms with E-state index >= 15 is 0 Å². The minimum atomic E-state index is -0.508. The van der Waals surface area contributed by atoms with Crippen LogP contribution in [-0.2, 0) is 4.79 Å². The van der Waals surface area contributed by atoms with Gasteiger partial charge in [-0.15, -0.1) is 0 Å². The molecule has 0 amide bonds. The van der Waals surface area contributed by atoms with Crippen LogP contribution in [0.2, 0.25) is 0 Å². The second-order valence-corrected chi connectivity index (χ2v) is 5.50. The van der Waals surface area contributed by atoms with Crippen LogP contribution in [0.15, 0.2) is 0 Å². The van der Waals surface area contributed by atoms with Crippen molar-refractivity contribution in [2.75, 3.05) is 0 Å². The Labute approximate surface area is 78.3 Å². The Morgan fingerprint density at radius 3 is 1.69 bits per heavy atom. The van der Waals surface area contributed by atoms with Crippen molar-refractivity contribution in [2.24, 2.45) is 23.2 Å². The van der Waals surface area contributed by atoms with Gasteiger partial charge in [0.25, 0.3) is 0 Å². The van der Waals surface area contributed by atoms with Gasteiger partial charge in [-0.05, 0) is 56.3 Å². The highest BCUT2D eigenvalue weighted by atomic mass is 16.4. The SMILES string of the molecule is O=C(O)C12C[C@H]3C[C@@H](C1)C[C@@H](C2)C3. The average molecular weight is 180 g/mol. The van der Waals surface area contributed by atoms with E-state index in [1.165, 1.54) is 19.3 Å². The summed E-state index contributed by atoms with van der Waals surface area (Å²) in [5.74, 6) is 1.75. The van der Waals surface area contributed by atoms with E-state index in [0.717, 1.165) is 37.0 Å². The first kappa shape index (κ1) is 7.84. The van der Waals surface area contributed by atoms with Gasteiger partial charge in [0, 0.05) is 0 Å². The zero-order chi connectivity index (χ0) is 9.05. The van der Waals surface area contributed by atoms with Crippen LogP contribution >= 0.6 is 0 Å². The van der Waals surface area contributed by atoms with Gasteiger partial charge >= 0.3 is 5.97 Å². The lowest BCUT2D eigenvalue weighted by atomic mass is 9.49. The van der Waals surface area contributed by atoms with Gasteiger partial charge in [0.05, 0.1) is 5.41 Å². The molecule has 4 saturated carbocycles. The Morgan fingerprint density at radius 2 is 1.38 bits per heavy atom. The zero-order valence-electron chi connectivity index (χ0n) is 7.83. The highest BCUT2D eigenvalue weighted by Crippen LogP contribution is 2.59. The monoisotopic (exact) mass is 180 g/mol. The third kappa shape index (κ3) is 0.976. The second-order valence-electron chi connectivity index (χ2n) is 5.50. The number of hydrogen-bond acceptors (Lipinski definition) is 1. The molecular formula is C11H16O2. The minimum Gasteiger partial charge on any atom is -0.481 e. The fourth-order valence-corrected chi connectivity index (χ4v) is 4.37. The molecule has 72 valence electrons. The number of rotatable bonds is 1. The summed E-state index contributed by atoms with van der Waals surface area (Å²) >= 11 is 0. The molecule has 0 spiro atoms. The van der Waals surface area contributed by atoms with Gasteiger partial charge in [-0.2, -0.15) is 0 Å². The topological polar surface area (TPSA) is 37.3 Å². The third-order valence-electron chi connectivity index (χ3n) is 4.49. The van der Waals surface area contributed by atoms with Crippen LogP contribution in [0, 0.1) is 23.2 Å². The fraction of sp³-hybridized carbons (Fsp3) is 0.909. The molecule has 4 aliphatic rings. The van der Waals surface area contributed by atoms with E-state index in [-0.39, 0.29) is 5.41 Å². The lowest BCUT2D eigenvalue weighted by Gasteiger charge is -2.54. The van der Waals surface area contributed by atoms with Gasteiger partial charge in [-0.25, -0.2) is 0 Å². The normalized spacial score (nSPS) is 52.5. The van der Waals surface area contributed by atoms with Crippen molar-refractivity contribution in [3.63, 3.8) is 0 Å². The van der Waals surface area contributed by atoms with Crippen LogP contribution in [0.4, 0.5) is 0 Å². The molecule has 2 nitrogen and oxygen atoms in total. The van der Waals surface area contributed by atoms with Crippen LogP contribution in [0.3, 0.4) is 0 Å². The highest BCUT2D eigenvalue weighted by Gasteiger charge is 2.54. The van der Waals surface area contributed by atoms with Gasteiger partial charge in [-0.1, -0.05) is 0 Å². The van der Waals surface area contributed by atoms with Gasteiger partial charge in [0.15, 0.2) is 0 Å². The van der Waals surface area contributed by atoms with Crippen LogP contribution in [-0.4, -0.2) is 11.1 Å². The molecule has 0 aromatic heterocycles. The van der Waals surface area contributed by atoms with E-state index in [2.05, 4.69) is 0 Å². The van der Waals surface area contributed by atoms with Crippen molar-refractivity contribution in [1.82, 2.24) is 0 Å². The Kier molecular flexibility index (Phi) is 1.38. The van der Waals surface area contributed by atoms with Gasteiger partial charge in [0.1, 0.15) is 0 Å². The standard InChI is InChI=1S/C11H16O2/c12-10(13)11-4-7-1-8(5-11)3-9(2-7)6-11/h7-9H,1-6H2,(H,12,13)/t7-,8+,9-,11?. The van der Waals surface area contributed by atoms with Crippen LogP contribution < -0.4 is 0 Å². The molecule has 0 heterocycles. The van der Waals surface area contributed by atoms with Crippen molar-refractivity contribution < 1.29 is 9.90 Å². The molecule has 13 heavy (non-hydrogen) atoms. The van der Waals surface area contributed by atoms with E-state index in [1.807, 2.05) is 0 Å². The first-order chi connectivity index (χ1) is 6.18. The summed E-state index contributed by atoms with van der Waals surface area (Å²) in [6.45, 7) is 0. The lowest BCUT2D eigenvalue weighted by molar-refractivity contribution is -0.164.